The van der Waals surface area contributed by atoms with Crippen LogP contribution in [0.1, 0.15) is 5.69 Å². The minimum Gasteiger partial charge on any atom is -0.368 e. The highest BCUT2D eigenvalue weighted by atomic mass is 16.2. The molecule has 2 amide bonds. The van der Waals surface area contributed by atoms with Gasteiger partial charge in [-0.1, -0.05) is 0 Å². The van der Waals surface area contributed by atoms with Crippen LogP contribution >= 0.6 is 0 Å². The summed E-state index contributed by atoms with van der Waals surface area (Å²) in [5.74, 6) is 0.740. The average molecular weight is 195 g/mol. The quantitative estimate of drug-likeness (QED) is 0.583. The molecule has 0 spiro atoms. The van der Waals surface area contributed by atoms with E-state index in [2.05, 4.69) is 20.6 Å². The number of rotatable bonds is 4. The number of aromatic nitrogens is 2. The van der Waals surface area contributed by atoms with Crippen LogP contribution in [0.2, 0.25) is 0 Å². The molecule has 4 N–H and O–H groups in total. The maximum absolute atomic E-state index is 10.3. The van der Waals surface area contributed by atoms with E-state index in [1.165, 1.54) is 6.33 Å². The molecule has 0 saturated carbocycles. The molecule has 1 aromatic rings. The Hall–Kier alpha value is -1.85. The number of nitrogens with zero attached hydrogens (tertiary/aromatic N) is 2. The van der Waals surface area contributed by atoms with Crippen LogP contribution in [-0.4, -0.2) is 29.1 Å². The highest BCUT2D eigenvalue weighted by molar-refractivity contribution is 5.71. The third kappa shape index (κ3) is 3.70. The number of amides is 2. The number of carbonyl (C=O) groups is 1. The number of carbonyl (C=O) groups excluding carboxylic acids is 1. The SMILES string of the molecule is Cc1cc(NCCNC(N)=O)ncn1. The van der Waals surface area contributed by atoms with Gasteiger partial charge in [-0.15, -0.1) is 0 Å². The van der Waals surface area contributed by atoms with Gasteiger partial charge in [0.1, 0.15) is 12.1 Å². The van der Waals surface area contributed by atoms with Gasteiger partial charge in [0.15, 0.2) is 0 Å². The van der Waals surface area contributed by atoms with E-state index < -0.39 is 6.03 Å². The van der Waals surface area contributed by atoms with Crippen molar-refractivity contribution >= 4 is 11.8 Å². The van der Waals surface area contributed by atoms with E-state index >= 15 is 0 Å². The average Bonchev–Trinajstić information content (AvgIpc) is 2.12. The van der Waals surface area contributed by atoms with Gasteiger partial charge in [0.25, 0.3) is 0 Å². The van der Waals surface area contributed by atoms with Crippen molar-refractivity contribution < 1.29 is 4.79 Å². The van der Waals surface area contributed by atoms with Crippen LogP contribution in [0, 0.1) is 6.92 Å². The van der Waals surface area contributed by atoms with Crippen molar-refractivity contribution in [1.82, 2.24) is 15.3 Å². The lowest BCUT2D eigenvalue weighted by Crippen LogP contribution is -2.33. The van der Waals surface area contributed by atoms with Crippen LogP contribution in [0.3, 0.4) is 0 Å². The predicted octanol–water partition coefficient (Wildman–Crippen LogP) is -0.135. The number of hydrogen-bond acceptors (Lipinski definition) is 4. The number of nitrogens with one attached hydrogen (secondary N) is 2. The highest BCUT2D eigenvalue weighted by Crippen LogP contribution is 2.00. The molecular formula is C8H13N5O. The van der Waals surface area contributed by atoms with Crippen molar-refractivity contribution in [2.24, 2.45) is 5.73 Å². The van der Waals surface area contributed by atoms with Crippen molar-refractivity contribution in [1.29, 1.82) is 0 Å². The zero-order valence-electron chi connectivity index (χ0n) is 7.95. The second-order valence-electron chi connectivity index (χ2n) is 2.76. The fourth-order valence-corrected chi connectivity index (χ4v) is 0.927. The van der Waals surface area contributed by atoms with E-state index in [-0.39, 0.29) is 0 Å². The van der Waals surface area contributed by atoms with Crippen LogP contribution in [0.15, 0.2) is 12.4 Å². The number of primary amides is 1. The Morgan fingerprint density at radius 2 is 2.29 bits per heavy atom. The first-order valence-electron chi connectivity index (χ1n) is 4.24. The lowest BCUT2D eigenvalue weighted by atomic mass is 10.4. The van der Waals surface area contributed by atoms with E-state index in [0.29, 0.717) is 13.1 Å². The molecule has 1 heterocycles. The Morgan fingerprint density at radius 1 is 1.50 bits per heavy atom. The van der Waals surface area contributed by atoms with Gasteiger partial charge in [0, 0.05) is 24.8 Å². The fourth-order valence-electron chi connectivity index (χ4n) is 0.927. The molecule has 0 aliphatic heterocycles. The van der Waals surface area contributed by atoms with E-state index in [0.717, 1.165) is 11.5 Å². The van der Waals surface area contributed by atoms with E-state index in [9.17, 15) is 4.79 Å². The third-order valence-electron chi connectivity index (χ3n) is 1.53. The van der Waals surface area contributed by atoms with Gasteiger partial charge in [-0.3, -0.25) is 0 Å². The molecule has 0 saturated heterocycles. The smallest absolute Gasteiger partial charge is 0.312 e. The van der Waals surface area contributed by atoms with E-state index in [1.807, 2.05) is 13.0 Å². The fraction of sp³-hybridized carbons (Fsp3) is 0.375. The minimum absolute atomic E-state index is 0.471. The monoisotopic (exact) mass is 195 g/mol. The van der Waals surface area contributed by atoms with Crippen LogP contribution in [0.25, 0.3) is 0 Å². The molecule has 14 heavy (non-hydrogen) atoms. The summed E-state index contributed by atoms with van der Waals surface area (Å²) >= 11 is 0. The lowest BCUT2D eigenvalue weighted by Gasteiger charge is -2.05. The second kappa shape index (κ2) is 5.00. The number of anilines is 1. The first kappa shape index (κ1) is 10.2. The number of nitrogens with two attached hydrogens (primary N) is 1. The minimum atomic E-state index is -0.523. The normalized spacial score (nSPS) is 9.50. The third-order valence-corrected chi connectivity index (χ3v) is 1.53. The summed E-state index contributed by atoms with van der Waals surface area (Å²) in [5, 5.41) is 5.48. The van der Waals surface area contributed by atoms with Crippen molar-refractivity contribution in [2.75, 3.05) is 18.4 Å². The van der Waals surface area contributed by atoms with Gasteiger partial charge in [-0.05, 0) is 6.92 Å². The number of aryl methyl sites for hydroxylation is 1. The Kier molecular flexibility index (Phi) is 3.66. The topological polar surface area (TPSA) is 92.9 Å². The summed E-state index contributed by atoms with van der Waals surface area (Å²) in [5.41, 5.74) is 5.79. The van der Waals surface area contributed by atoms with E-state index in [4.69, 9.17) is 5.73 Å². The summed E-state index contributed by atoms with van der Waals surface area (Å²) < 4.78 is 0. The molecule has 0 aliphatic rings. The summed E-state index contributed by atoms with van der Waals surface area (Å²) in [4.78, 5) is 18.3. The van der Waals surface area contributed by atoms with Gasteiger partial charge >= 0.3 is 6.03 Å². The first-order chi connectivity index (χ1) is 6.68. The molecule has 6 nitrogen and oxygen atoms in total. The molecule has 0 aliphatic carbocycles. The van der Waals surface area contributed by atoms with Gasteiger partial charge in [0.2, 0.25) is 0 Å². The Morgan fingerprint density at radius 3 is 2.93 bits per heavy atom. The van der Waals surface area contributed by atoms with Gasteiger partial charge in [-0.25, -0.2) is 14.8 Å². The van der Waals surface area contributed by atoms with Gasteiger partial charge in [-0.2, -0.15) is 0 Å². The molecule has 1 aromatic heterocycles. The van der Waals surface area contributed by atoms with Crippen LogP contribution in [0.4, 0.5) is 10.6 Å². The number of hydrogen-bond donors (Lipinski definition) is 3. The zero-order valence-corrected chi connectivity index (χ0v) is 7.95. The summed E-state index contributed by atoms with van der Waals surface area (Å²) in [6.45, 7) is 2.94. The standard InChI is InChI=1S/C8H13N5O/c1-6-4-7(13-5-12-6)10-2-3-11-8(9)14/h4-5H,2-3H2,1H3,(H3,9,11,14)(H,10,12,13). The molecule has 0 unspecified atom stereocenters. The molecule has 0 fully saturated rings. The van der Waals surface area contributed by atoms with Crippen LogP contribution in [0.5, 0.6) is 0 Å². The Labute approximate surface area is 81.9 Å². The van der Waals surface area contributed by atoms with Crippen molar-refractivity contribution in [2.45, 2.75) is 6.92 Å². The largest absolute Gasteiger partial charge is 0.368 e. The molecule has 76 valence electrons. The Bertz CT molecular complexity index is 314. The zero-order chi connectivity index (χ0) is 10.4. The molecular weight excluding hydrogens is 182 g/mol. The van der Waals surface area contributed by atoms with Crippen molar-refractivity contribution in [3.8, 4) is 0 Å². The lowest BCUT2D eigenvalue weighted by molar-refractivity contribution is 0.249. The maximum Gasteiger partial charge on any atom is 0.312 e. The summed E-state index contributed by atoms with van der Waals surface area (Å²) in [6.07, 6.45) is 1.49. The van der Waals surface area contributed by atoms with Crippen molar-refractivity contribution in [3.05, 3.63) is 18.1 Å². The van der Waals surface area contributed by atoms with E-state index in [1.54, 1.807) is 0 Å². The molecule has 0 radical (unpaired) electrons. The summed E-state index contributed by atoms with van der Waals surface area (Å²) in [7, 11) is 0. The van der Waals surface area contributed by atoms with Gasteiger partial charge < -0.3 is 16.4 Å². The van der Waals surface area contributed by atoms with Crippen LogP contribution in [-0.2, 0) is 0 Å². The molecule has 0 bridgehead atoms. The Balaban J connectivity index is 2.28. The van der Waals surface area contributed by atoms with Crippen LogP contribution < -0.4 is 16.4 Å². The molecule has 0 atom stereocenters. The predicted molar refractivity (Wildman–Crippen MR) is 52.8 cm³/mol. The van der Waals surface area contributed by atoms with Gasteiger partial charge in [0.05, 0.1) is 0 Å². The highest BCUT2D eigenvalue weighted by Gasteiger charge is 1.94. The maximum atomic E-state index is 10.3. The second-order valence-corrected chi connectivity index (χ2v) is 2.76. The number of urea groups is 1. The van der Waals surface area contributed by atoms with Crippen molar-refractivity contribution in [3.63, 3.8) is 0 Å². The molecule has 6 heteroatoms. The first-order valence-corrected chi connectivity index (χ1v) is 4.24. The molecule has 1 rings (SSSR count). The molecule has 0 aromatic carbocycles. The summed E-state index contributed by atoms with van der Waals surface area (Å²) in [6, 6.07) is 1.30.